The summed E-state index contributed by atoms with van der Waals surface area (Å²) in [4.78, 5) is 0. The molecule has 4 heteroatoms. The van der Waals surface area contributed by atoms with Crippen LogP contribution in [0, 0.1) is 12.7 Å². The molecule has 0 nitrogen and oxygen atoms in total. The summed E-state index contributed by atoms with van der Waals surface area (Å²) in [7, 11) is 0. The van der Waals surface area contributed by atoms with Crippen LogP contribution in [0.15, 0.2) is 42.5 Å². The van der Waals surface area contributed by atoms with Crippen LogP contribution in [0.1, 0.15) is 16.7 Å². The summed E-state index contributed by atoms with van der Waals surface area (Å²) in [5.74, 6) is -0.195. The fourth-order valence-electron chi connectivity index (χ4n) is 2.40. The Kier molecular flexibility index (Phi) is 5.87. The SMILES string of the molecule is Cc1ccc(F)cc1CC(CBr)(CBr)c1cccc(Cl)c1. The van der Waals surface area contributed by atoms with Crippen LogP contribution in [-0.2, 0) is 11.8 Å². The first-order valence-corrected chi connectivity index (χ1v) is 9.26. The van der Waals surface area contributed by atoms with Gasteiger partial charge in [-0.2, -0.15) is 0 Å². The predicted octanol–water partition coefficient (Wildman–Crippen LogP) is 6.06. The van der Waals surface area contributed by atoms with E-state index in [2.05, 4.69) is 37.9 Å². The fraction of sp³-hybridized carbons (Fsp3) is 0.294. The lowest BCUT2D eigenvalue weighted by atomic mass is 9.78. The highest BCUT2D eigenvalue weighted by atomic mass is 79.9. The number of aryl methyl sites for hydroxylation is 1. The van der Waals surface area contributed by atoms with E-state index < -0.39 is 0 Å². The van der Waals surface area contributed by atoms with Gasteiger partial charge in [-0.1, -0.05) is 61.7 Å². The maximum Gasteiger partial charge on any atom is 0.123 e. The van der Waals surface area contributed by atoms with Gasteiger partial charge < -0.3 is 0 Å². The van der Waals surface area contributed by atoms with Crippen LogP contribution in [0.5, 0.6) is 0 Å². The predicted molar refractivity (Wildman–Crippen MR) is 95.6 cm³/mol. The standard InChI is InChI=1S/C17H16Br2ClF/c1-12-5-6-16(21)7-13(12)9-17(10-18,11-19)14-3-2-4-15(20)8-14/h2-8H,9-11H2,1H3. The van der Waals surface area contributed by atoms with Crippen molar-refractivity contribution in [2.45, 2.75) is 18.8 Å². The molecule has 0 bridgehead atoms. The molecule has 0 fully saturated rings. The van der Waals surface area contributed by atoms with E-state index in [4.69, 9.17) is 11.6 Å². The number of halogens is 4. The van der Waals surface area contributed by atoms with Gasteiger partial charge in [0.2, 0.25) is 0 Å². The molecule has 112 valence electrons. The van der Waals surface area contributed by atoms with E-state index in [-0.39, 0.29) is 11.2 Å². The molecule has 0 N–H and O–H groups in total. The molecular formula is C17H16Br2ClF. The number of rotatable bonds is 5. The van der Waals surface area contributed by atoms with Crippen molar-refractivity contribution < 1.29 is 4.39 Å². The Hall–Kier alpha value is -0.380. The summed E-state index contributed by atoms with van der Waals surface area (Å²) < 4.78 is 13.6. The molecule has 0 atom stereocenters. The average Bonchev–Trinajstić information content (AvgIpc) is 2.48. The van der Waals surface area contributed by atoms with Gasteiger partial charge in [0.25, 0.3) is 0 Å². The highest BCUT2D eigenvalue weighted by molar-refractivity contribution is 9.09. The molecule has 2 rings (SSSR count). The van der Waals surface area contributed by atoms with Crippen LogP contribution in [0.2, 0.25) is 5.02 Å². The summed E-state index contributed by atoms with van der Waals surface area (Å²) in [5.41, 5.74) is 3.11. The molecule has 2 aromatic carbocycles. The van der Waals surface area contributed by atoms with Crippen LogP contribution in [0.25, 0.3) is 0 Å². The van der Waals surface area contributed by atoms with Crippen LogP contribution < -0.4 is 0 Å². The minimum Gasteiger partial charge on any atom is -0.207 e. The van der Waals surface area contributed by atoms with Crippen LogP contribution >= 0.6 is 43.5 Å². The van der Waals surface area contributed by atoms with E-state index in [0.29, 0.717) is 0 Å². The van der Waals surface area contributed by atoms with Crippen molar-refractivity contribution in [2.75, 3.05) is 10.7 Å². The van der Waals surface area contributed by atoms with Gasteiger partial charge >= 0.3 is 0 Å². The zero-order valence-electron chi connectivity index (χ0n) is 11.7. The highest BCUT2D eigenvalue weighted by Crippen LogP contribution is 2.35. The summed E-state index contributed by atoms with van der Waals surface area (Å²) in [6.45, 7) is 2.01. The van der Waals surface area contributed by atoms with Crippen molar-refractivity contribution in [1.29, 1.82) is 0 Å². The summed E-state index contributed by atoms with van der Waals surface area (Å²) in [5, 5.41) is 2.25. The normalized spacial score (nSPS) is 11.7. The Balaban J connectivity index is 2.45. The minimum atomic E-state index is -0.195. The van der Waals surface area contributed by atoms with Gasteiger partial charge in [-0.25, -0.2) is 4.39 Å². The smallest absolute Gasteiger partial charge is 0.123 e. The van der Waals surface area contributed by atoms with Gasteiger partial charge in [-0.3, -0.25) is 0 Å². The van der Waals surface area contributed by atoms with Gasteiger partial charge in [0.1, 0.15) is 5.82 Å². The Labute approximate surface area is 147 Å². The van der Waals surface area contributed by atoms with Gasteiger partial charge in [0, 0.05) is 21.1 Å². The maximum atomic E-state index is 13.6. The molecule has 0 spiro atoms. The Morgan fingerprint density at radius 2 is 1.81 bits per heavy atom. The molecular weight excluding hydrogens is 418 g/mol. The maximum absolute atomic E-state index is 13.6. The Morgan fingerprint density at radius 1 is 1.10 bits per heavy atom. The Bertz CT molecular complexity index is 624. The first-order valence-electron chi connectivity index (χ1n) is 6.64. The van der Waals surface area contributed by atoms with E-state index in [1.807, 2.05) is 31.2 Å². The zero-order valence-corrected chi connectivity index (χ0v) is 15.6. The summed E-state index contributed by atoms with van der Waals surface area (Å²) in [6, 6.07) is 12.8. The number of hydrogen-bond acceptors (Lipinski definition) is 0. The monoisotopic (exact) mass is 432 g/mol. The van der Waals surface area contributed by atoms with Crippen LogP contribution in [-0.4, -0.2) is 10.7 Å². The lowest BCUT2D eigenvalue weighted by Crippen LogP contribution is -2.33. The Morgan fingerprint density at radius 3 is 2.43 bits per heavy atom. The summed E-state index contributed by atoms with van der Waals surface area (Å²) >= 11 is 13.4. The van der Waals surface area contributed by atoms with Crippen molar-refractivity contribution >= 4 is 43.5 Å². The first kappa shape index (κ1) is 17.0. The van der Waals surface area contributed by atoms with Crippen molar-refractivity contribution in [1.82, 2.24) is 0 Å². The molecule has 0 heterocycles. The second kappa shape index (κ2) is 7.26. The molecule has 21 heavy (non-hydrogen) atoms. The van der Waals surface area contributed by atoms with Crippen LogP contribution in [0.4, 0.5) is 4.39 Å². The largest absolute Gasteiger partial charge is 0.207 e. The second-order valence-corrected chi connectivity index (χ2v) is 6.86. The van der Waals surface area contributed by atoms with E-state index in [1.54, 1.807) is 6.07 Å². The molecule has 2 aromatic rings. The number of alkyl halides is 2. The van der Waals surface area contributed by atoms with E-state index in [1.165, 1.54) is 6.07 Å². The van der Waals surface area contributed by atoms with E-state index in [9.17, 15) is 4.39 Å². The molecule has 0 saturated carbocycles. The third-order valence-corrected chi connectivity index (χ3v) is 6.17. The molecule has 0 aliphatic heterocycles. The molecule has 0 aliphatic carbocycles. The van der Waals surface area contributed by atoms with Crippen molar-refractivity contribution in [2.24, 2.45) is 0 Å². The lowest BCUT2D eigenvalue weighted by molar-refractivity contribution is 0.545. The van der Waals surface area contributed by atoms with Crippen molar-refractivity contribution in [3.63, 3.8) is 0 Å². The quantitative estimate of drug-likeness (QED) is 0.502. The number of benzene rings is 2. The van der Waals surface area contributed by atoms with E-state index >= 15 is 0 Å². The molecule has 0 radical (unpaired) electrons. The van der Waals surface area contributed by atoms with Gasteiger partial charge in [-0.15, -0.1) is 0 Å². The molecule has 0 aromatic heterocycles. The van der Waals surface area contributed by atoms with Crippen LogP contribution in [0.3, 0.4) is 0 Å². The third kappa shape index (κ3) is 3.88. The van der Waals surface area contributed by atoms with Gasteiger partial charge in [0.05, 0.1) is 0 Å². The third-order valence-electron chi connectivity index (χ3n) is 3.79. The first-order chi connectivity index (χ1) is 10.0. The minimum absolute atomic E-state index is 0.163. The molecule has 0 aliphatic rings. The second-order valence-electron chi connectivity index (χ2n) is 5.31. The van der Waals surface area contributed by atoms with Gasteiger partial charge in [0.15, 0.2) is 0 Å². The molecule has 0 unspecified atom stereocenters. The molecule has 0 saturated heterocycles. The highest BCUT2D eigenvalue weighted by Gasteiger charge is 2.31. The lowest BCUT2D eigenvalue weighted by Gasteiger charge is -2.31. The van der Waals surface area contributed by atoms with Crippen molar-refractivity contribution in [3.05, 3.63) is 70.0 Å². The topological polar surface area (TPSA) is 0 Å². The van der Waals surface area contributed by atoms with E-state index in [0.717, 1.165) is 38.8 Å². The number of hydrogen-bond donors (Lipinski definition) is 0. The van der Waals surface area contributed by atoms with Crippen molar-refractivity contribution in [3.8, 4) is 0 Å². The average molecular weight is 435 g/mol. The molecule has 0 amide bonds. The summed E-state index contributed by atoms with van der Waals surface area (Å²) in [6.07, 6.45) is 0.743. The fourth-order valence-corrected chi connectivity index (χ4v) is 4.56. The van der Waals surface area contributed by atoms with Gasteiger partial charge in [-0.05, 0) is 54.3 Å². The zero-order chi connectivity index (χ0) is 15.5.